The van der Waals surface area contributed by atoms with Gasteiger partial charge < -0.3 is 14.6 Å². The summed E-state index contributed by atoms with van der Waals surface area (Å²) in [7, 11) is 2.06. The van der Waals surface area contributed by atoms with Gasteiger partial charge in [0.2, 0.25) is 0 Å². The summed E-state index contributed by atoms with van der Waals surface area (Å²) in [6.45, 7) is 3.26. The zero-order valence-electron chi connectivity index (χ0n) is 13.6. The van der Waals surface area contributed by atoms with E-state index in [2.05, 4.69) is 42.3 Å². The highest BCUT2D eigenvalue weighted by Crippen LogP contribution is 2.43. The highest BCUT2D eigenvalue weighted by Gasteiger charge is 2.42. The van der Waals surface area contributed by atoms with Crippen molar-refractivity contribution < 1.29 is 4.74 Å². The fourth-order valence-corrected chi connectivity index (χ4v) is 4.19. The lowest BCUT2D eigenvalue weighted by Crippen LogP contribution is -2.26. The second-order valence-corrected chi connectivity index (χ2v) is 6.94. The van der Waals surface area contributed by atoms with Crippen LogP contribution in [0.1, 0.15) is 69.9 Å². The third kappa shape index (κ3) is 3.35. The monoisotopic (exact) mass is 290 g/mol. The minimum Gasteiger partial charge on any atom is -0.370 e. The average molecular weight is 290 g/mol. The average Bonchev–Trinajstić information content (AvgIpc) is 3.21. The van der Waals surface area contributed by atoms with E-state index in [9.17, 15) is 0 Å². The van der Waals surface area contributed by atoms with E-state index in [0.717, 1.165) is 6.54 Å². The van der Waals surface area contributed by atoms with Crippen molar-refractivity contribution in [3.63, 3.8) is 0 Å². The van der Waals surface area contributed by atoms with Crippen LogP contribution >= 0.6 is 0 Å². The number of rotatable bonds is 6. The largest absolute Gasteiger partial charge is 0.370 e. The molecule has 0 radical (unpaired) electrons. The first-order chi connectivity index (χ1) is 10.2. The maximum absolute atomic E-state index is 6.42. The summed E-state index contributed by atoms with van der Waals surface area (Å²) >= 11 is 0. The van der Waals surface area contributed by atoms with Crippen molar-refractivity contribution in [2.24, 2.45) is 0 Å². The van der Waals surface area contributed by atoms with Gasteiger partial charge in [0, 0.05) is 25.0 Å². The first-order valence-electron chi connectivity index (χ1n) is 8.75. The molecule has 0 aromatic carbocycles. The van der Waals surface area contributed by atoms with Crippen molar-refractivity contribution in [1.82, 2.24) is 9.88 Å². The Labute approximate surface area is 129 Å². The smallest absolute Gasteiger partial charge is 0.0762 e. The Bertz CT molecular complexity index is 448. The molecule has 0 amide bonds. The molecule has 118 valence electrons. The Hall–Kier alpha value is -0.800. The minimum atomic E-state index is 0.260. The molecule has 2 aliphatic rings. The maximum Gasteiger partial charge on any atom is 0.0762 e. The van der Waals surface area contributed by atoms with E-state index in [-0.39, 0.29) is 5.60 Å². The lowest BCUT2D eigenvalue weighted by atomic mass is 9.98. The molecule has 3 heteroatoms. The van der Waals surface area contributed by atoms with Crippen LogP contribution in [0.25, 0.3) is 0 Å². The fourth-order valence-electron chi connectivity index (χ4n) is 4.19. The van der Waals surface area contributed by atoms with E-state index in [0.29, 0.717) is 12.1 Å². The summed E-state index contributed by atoms with van der Waals surface area (Å²) in [5, 5.41) is 3.42. The number of hydrogen-bond donors (Lipinski definition) is 1. The van der Waals surface area contributed by atoms with Crippen LogP contribution in [0.5, 0.6) is 0 Å². The summed E-state index contributed by atoms with van der Waals surface area (Å²) < 4.78 is 8.75. The zero-order valence-corrected chi connectivity index (χ0v) is 13.6. The standard InChI is InChI=1S/C18H30N2O/c1-3-6-17(19-2)15-8-12-20(13-15)14-16-7-11-18(21-16)9-4-5-10-18/h8,12-13,16-17,19H,3-7,9-11,14H2,1-2H3. The van der Waals surface area contributed by atoms with Gasteiger partial charge in [0.05, 0.1) is 11.7 Å². The van der Waals surface area contributed by atoms with Gasteiger partial charge in [0.15, 0.2) is 0 Å². The predicted octanol–water partition coefficient (Wildman–Crippen LogP) is 4.04. The SMILES string of the molecule is CCCC(NC)c1ccn(CC2CCC3(CCCC3)O2)c1. The molecule has 1 spiro atoms. The van der Waals surface area contributed by atoms with Crippen LogP contribution in [-0.2, 0) is 11.3 Å². The van der Waals surface area contributed by atoms with Crippen LogP contribution in [0.3, 0.4) is 0 Å². The summed E-state index contributed by atoms with van der Waals surface area (Å²) in [5.41, 5.74) is 1.67. The van der Waals surface area contributed by atoms with E-state index >= 15 is 0 Å². The highest BCUT2D eigenvalue weighted by molar-refractivity contribution is 5.15. The third-order valence-corrected chi connectivity index (χ3v) is 5.37. The van der Waals surface area contributed by atoms with E-state index in [1.165, 1.54) is 56.9 Å². The molecule has 1 aromatic rings. The normalized spacial score (nSPS) is 25.7. The molecule has 21 heavy (non-hydrogen) atoms. The molecule has 1 aliphatic heterocycles. The highest BCUT2D eigenvalue weighted by atomic mass is 16.5. The molecular weight excluding hydrogens is 260 g/mol. The molecule has 3 rings (SSSR count). The topological polar surface area (TPSA) is 26.2 Å². The van der Waals surface area contributed by atoms with Gasteiger partial charge in [0.1, 0.15) is 0 Å². The zero-order chi connectivity index (χ0) is 14.7. The van der Waals surface area contributed by atoms with Gasteiger partial charge in [-0.2, -0.15) is 0 Å². The van der Waals surface area contributed by atoms with Gasteiger partial charge >= 0.3 is 0 Å². The molecule has 1 saturated carbocycles. The second-order valence-electron chi connectivity index (χ2n) is 6.94. The van der Waals surface area contributed by atoms with Crippen LogP contribution in [0.2, 0.25) is 0 Å². The Morgan fingerprint density at radius 1 is 1.38 bits per heavy atom. The summed E-state index contributed by atoms with van der Waals surface area (Å²) in [4.78, 5) is 0. The van der Waals surface area contributed by atoms with Crippen LogP contribution < -0.4 is 5.32 Å². The van der Waals surface area contributed by atoms with Crippen molar-refractivity contribution in [2.45, 2.75) is 82.6 Å². The van der Waals surface area contributed by atoms with Crippen molar-refractivity contribution in [3.8, 4) is 0 Å². The number of ether oxygens (including phenoxy) is 1. The van der Waals surface area contributed by atoms with Crippen LogP contribution in [0, 0.1) is 0 Å². The molecule has 3 nitrogen and oxygen atoms in total. The molecule has 0 bridgehead atoms. The Morgan fingerprint density at radius 3 is 2.90 bits per heavy atom. The van der Waals surface area contributed by atoms with Gasteiger partial charge in [-0.1, -0.05) is 26.2 Å². The third-order valence-electron chi connectivity index (χ3n) is 5.37. The quantitative estimate of drug-likeness (QED) is 0.855. The number of hydrogen-bond acceptors (Lipinski definition) is 2. The van der Waals surface area contributed by atoms with Crippen molar-refractivity contribution >= 4 is 0 Å². The van der Waals surface area contributed by atoms with Crippen LogP contribution in [0.4, 0.5) is 0 Å². The number of nitrogens with one attached hydrogen (secondary N) is 1. The van der Waals surface area contributed by atoms with Crippen molar-refractivity contribution in [2.75, 3.05) is 7.05 Å². The van der Waals surface area contributed by atoms with Gasteiger partial charge in [-0.15, -0.1) is 0 Å². The first-order valence-corrected chi connectivity index (χ1v) is 8.75. The molecule has 1 saturated heterocycles. The first kappa shape index (κ1) is 15.1. The van der Waals surface area contributed by atoms with Gasteiger partial charge in [-0.05, 0) is 50.8 Å². The van der Waals surface area contributed by atoms with Crippen LogP contribution in [-0.4, -0.2) is 23.3 Å². The molecule has 1 aliphatic carbocycles. The number of nitrogens with zero attached hydrogens (tertiary/aromatic N) is 1. The molecule has 2 unspecified atom stereocenters. The maximum atomic E-state index is 6.42. The Kier molecular flexibility index (Phi) is 4.70. The minimum absolute atomic E-state index is 0.260. The van der Waals surface area contributed by atoms with Crippen molar-refractivity contribution in [3.05, 3.63) is 24.0 Å². The molecule has 2 fully saturated rings. The number of aromatic nitrogens is 1. The Morgan fingerprint density at radius 2 is 2.19 bits per heavy atom. The van der Waals surface area contributed by atoms with Crippen molar-refractivity contribution in [1.29, 1.82) is 0 Å². The molecule has 1 N–H and O–H groups in total. The summed E-state index contributed by atoms with van der Waals surface area (Å²) in [5.74, 6) is 0. The summed E-state index contributed by atoms with van der Waals surface area (Å²) in [6, 6.07) is 2.75. The molecule has 2 heterocycles. The molecular formula is C18H30N2O. The predicted molar refractivity (Wildman–Crippen MR) is 86.4 cm³/mol. The van der Waals surface area contributed by atoms with E-state index in [1.807, 2.05) is 0 Å². The molecule has 2 atom stereocenters. The van der Waals surface area contributed by atoms with Gasteiger partial charge in [-0.3, -0.25) is 0 Å². The summed E-state index contributed by atoms with van der Waals surface area (Å²) in [6.07, 6.45) is 15.2. The van der Waals surface area contributed by atoms with Crippen LogP contribution in [0.15, 0.2) is 18.5 Å². The Balaban J connectivity index is 1.57. The second kappa shape index (κ2) is 6.53. The van der Waals surface area contributed by atoms with E-state index < -0.39 is 0 Å². The lowest BCUT2D eigenvalue weighted by Gasteiger charge is -2.24. The molecule has 1 aromatic heterocycles. The lowest BCUT2D eigenvalue weighted by molar-refractivity contribution is -0.0417. The van der Waals surface area contributed by atoms with E-state index in [4.69, 9.17) is 4.74 Å². The fraction of sp³-hybridized carbons (Fsp3) is 0.778. The van der Waals surface area contributed by atoms with E-state index in [1.54, 1.807) is 0 Å². The van der Waals surface area contributed by atoms with Gasteiger partial charge in [-0.25, -0.2) is 0 Å². The van der Waals surface area contributed by atoms with Gasteiger partial charge in [0.25, 0.3) is 0 Å².